The number of para-hydroxylation sites is 1. The molecule has 1 aromatic rings. The third-order valence-corrected chi connectivity index (χ3v) is 4.32. The molecule has 2 aliphatic heterocycles. The molecule has 1 unspecified atom stereocenters. The second-order valence-corrected chi connectivity index (χ2v) is 6.33. The lowest BCUT2D eigenvalue weighted by Crippen LogP contribution is -2.66. The van der Waals surface area contributed by atoms with E-state index in [-0.39, 0.29) is 45.4 Å². The van der Waals surface area contributed by atoms with Gasteiger partial charge in [0.2, 0.25) is 5.91 Å². The molecule has 1 spiro atoms. The first kappa shape index (κ1) is 18.7. The van der Waals surface area contributed by atoms with E-state index in [9.17, 15) is 18.4 Å². The molecule has 0 aliphatic carbocycles. The van der Waals surface area contributed by atoms with E-state index >= 15 is 0 Å². The summed E-state index contributed by atoms with van der Waals surface area (Å²) in [5, 5.41) is 0. The Balaban J connectivity index is 1.91. The van der Waals surface area contributed by atoms with Gasteiger partial charge in [-0.3, -0.25) is 14.3 Å². The number of carbonyl (C=O) groups is 2. The highest BCUT2D eigenvalue weighted by Gasteiger charge is 2.58. The zero-order chi connectivity index (χ0) is 18.8. The van der Waals surface area contributed by atoms with Crippen molar-refractivity contribution in [2.24, 2.45) is 0 Å². The van der Waals surface area contributed by atoms with Crippen molar-refractivity contribution in [2.75, 3.05) is 51.5 Å². The Morgan fingerprint density at radius 1 is 1.27 bits per heavy atom. The fraction of sp³-hybridized carbons (Fsp3) is 0.529. The van der Waals surface area contributed by atoms with Crippen molar-refractivity contribution in [2.45, 2.75) is 11.7 Å². The Morgan fingerprint density at radius 3 is 2.69 bits per heavy atom. The summed E-state index contributed by atoms with van der Waals surface area (Å²) in [6, 6.07) is 8.17. The molecule has 0 saturated carbocycles. The van der Waals surface area contributed by atoms with Crippen molar-refractivity contribution in [1.29, 1.82) is 0 Å². The summed E-state index contributed by atoms with van der Waals surface area (Å²) in [5.74, 6) is -1.79. The lowest BCUT2D eigenvalue weighted by molar-refractivity contribution is -0.293. The van der Waals surface area contributed by atoms with E-state index < -0.39 is 17.6 Å². The van der Waals surface area contributed by atoms with Gasteiger partial charge >= 0.3 is 12.0 Å². The molecule has 2 fully saturated rings. The van der Waals surface area contributed by atoms with E-state index in [0.717, 1.165) is 4.90 Å². The first-order valence-electron chi connectivity index (χ1n) is 8.16. The predicted octanol–water partition coefficient (Wildman–Crippen LogP) is 0.887. The van der Waals surface area contributed by atoms with Crippen LogP contribution in [0.5, 0.6) is 0 Å². The van der Waals surface area contributed by atoms with E-state index in [1.165, 1.54) is 12.0 Å². The molecule has 0 aromatic heterocycles. The van der Waals surface area contributed by atoms with Crippen molar-refractivity contribution >= 4 is 17.5 Å². The van der Waals surface area contributed by atoms with Gasteiger partial charge in [-0.1, -0.05) is 18.2 Å². The molecule has 3 rings (SSSR count). The van der Waals surface area contributed by atoms with Crippen molar-refractivity contribution in [1.82, 2.24) is 4.90 Å². The fourth-order valence-electron chi connectivity index (χ4n) is 3.17. The molecule has 26 heavy (non-hydrogen) atoms. The molecule has 2 aliphatic rings. The average molecular weight is 370 g/mol. The van der Waals surface area contributed by atoms with Crippen LogP contribution in [0.2, 0.25) is 0 Å². The molecule has 2 heterocycles. The second-order valence-electron chi connectivity index (χ2n) is 6.33. The number of carbonyl (C=O) groups excluding carboxylic acids is 2. The normalized spacial score (nSPS) is 26.0. The van der Waals surface area contributed by atoms with Gasteiger partial charge in [0.1, 0.15) is 12.2 Å². The van der Waals surface area contributed by atoms with Gasteiger partial charge in [-0.25, -0.2) is 0 Å². The van der Waals surface area contributed by atoms with E-state index in [4.69, 9.17) is 14.2 Å². The third-order valence-electron chi connectivity index (χ3n) is 4.32. The lowest BCUT2D eigenvalue weighted by Gasteiger charge is -2.45. The zero-order valence-corrected chi connectivity index (χ0v) is 14.3. The molecule has 0 N–H and O–H groups in total. The summed E-state index contributed by atoms with van der Waals surface area (Å²) in [7, 11) is 1.38. The summed E-state index contributed by atoms with van der Waals surface area (Å²) in [5.41, 5.74) is -1.20. The Kier molecular flexibility index (Phi) is 5.22. The van der Waals surface area contributed by atoms with Crippen LogP contribution in [0.15, 0.2) is 30.3 Å². The molecule has 9 heteroatoms. The van der Waals surface area contributed by atoms with E-state index in [0.29, 0.717) is 5.69 Å². The zero-order valence-electron chi connectivity index (χ0n) is 14.3. The molecule has 7 nitrogen and oxygen atoms in total. The van der Waals surface area contributed by atoms with Crippen LogP contribution in [0.25, 0.3) is 0 Å². The Bertz CT molecular complexity index is 672. The number of ether oxygens (including phenoxy) is 3. The largest absolute Gasteiger partial charge is 0.437 e. The molecule has 1 aromatic carbocycles. The number of rotatable bonds is 3. The predicted molar refractivity (Wildman–Crippen MR) is 86.8 cm³/mol. The molecule has 1 atom stereocenters. The summed E-state index contributed by atoms with van der Waals surface area (Å²) >= 11 is 0. The maximum Gasteiger partial charge on any atom is 0.437 e. The number of nitrogens with zero attached hydrogens (tertiary/aromatic N) is 2. The number of alkyl halides is 2. The number of anilines is 1. The minimum Gasteiger partial charge on any atom is -0.376 e. The number of amides is 2. The minimum atomic E-state index is -4.02. The number of morpholine rings is 1. The molecule has 0 radical (unpaired) electrons. The van der Waals surface area contributed by atoms with Gasteiger partial charge in [0.15, 0.2) is 0 Å². The second kappa shape index (κ2) is 7.26. The van der Waals surface area contributed by atoms with Crippen molar-refractivity contribution < 1.29 is 32.6 Å². The highest BCUT2D eigenvalue weighted by Crippen LogP contribution is 2.36. The van der Waals surface area contributed by atoms with Crippen LogP contribution in [-0.4, -0.2) is 75.0 Å². The quantitative estimate of drug-likeness (QED) is 0.790. The van der Waals surface area contributed by atoms with Gasteiger partial charge in [0.05, 0.1) is 26.3 Å². The molecule has 0 bridgehead atoms. The molecule has 2 saturated heterocycles. The fourth-order valence-corrected chi connectivity index (χ4v) is 3.17. The van der Waals surface area contributed by atoms with Crippen molar-refractivity contribution in [3.05, 3.63) is 30.3 Å². The Labute approximate surface area is 149 Å². The summed E-state index contributed by atoms with van der Waals surface area (Å²) < 4.78 is 43.9. The van der Waals surface area contributed by atoms with Crippen molar-refractivity contribution in [3.8, 4) is 0 Å². The summed E-state index contributed by atoms with van der Waals surface area (Å²) in [4.78, 5) is 26.7. The first-order chi connectivity index (χ1) is 12.4. The summed E-state index contributed by atoms with van der Waals surface area (Å²) in [6.45, 7) is -0.184. The van der Waals surface area contributed by atoms with Gasteiger partial charge in [0.25, 0.3) is 0 Å². The minimum absolute atomic E-state index is 0.124. The van der Waals surface area contributed by atoms with Crippen LogP contribution in [0.4, 0.5) is 14.5 Å². The monoisotopic (exact) mass is 370 g/mol. The van der Waals surface area contributed by atoms with Gasteiger partial charge in [0, 0.05) is 19.3 Å². The van der Waals surface area contributed by atoms with Crippen molar-refractivity contribution in [3.63, 3.8) is 0 Å². The van der Waals surface area contributed by atoms with E-state index in [1.54, 1.807) is 30.3 Å². The highest BCUT2D eigenvalue weighted by atomic mass is 19.3. The maximum atomic E-state index is 14.4. The van der Waals surface area contributed by atoms with Crippen LogP contribution in [0.3, 0.4) is 0 Å². The lowest BCUT2D eigenvalue weighted by atomic mass is 10.00. The van der Waals surface area contributed by atoms with Gasteiger partial charge in [-0.05, 0) is 12.1 Å². The maximum absolute atomic E-state index is 14.4. The molecular weight excluding hydrogens is 350 g/mol. The first-order valence-corrected chi connectivity index (χ1v) is 8.16. The van der Waals surface area contributed by atoms with Gasteiger partial charge in [-0.2, -0.15) is 8.78 Å². The van der Waals surface area contributed by atoms with Crippen LogP contribution >= 0.6 is 0 Å². The van der Waals surface area contributed by atoms with Crippen LogP contribution < -0.4 is 4.90 Å². The number of methoxy groups -OCH3 is 1. The van der Waals surface area contributed by atoms with Gasteiger partial charge in [-0.15, -0.1) is 0 Å². The van der Waals surface area contributed by atoms with E-state index in [2.05, 4.69) is 0 Å². The number of halogens is 2. The average Bonchev–Trinajstić information content (AvgIpc) is 2.81. The van der Waals surface area contributed by atoms with Crippen LogP contribution in [-0.2, 0) is 23.8 Å². The standard InChI is InChI=1S/C17H20F2N2O5/c1-24-9-14(22)20-7-8-25-12-16(10-20)11-21(13-5-3-2-4-6-13)15(23)17(18,19)26-16/h2-6H,7-12H2,1H3. The topological polar surface area (TPSA) is 68.3 Å². The van der Waals surface area contributed by atoms with E-state index in [1.807, 2.05) is 0 Å². The number of benzene rings is 1. The number of hydrogen-bond donors (Lipinski definition) is 0. The van der Waals surface area contributed by atoms with Crippen LogP contribution in [0, 0.1) is 0 Å². The smallest absolute Gasteiger partial charge is 0.376 e. The molecule has 142 valence electrons. The number of hydrogen-bond acceptors (Lipinski definition) is 5. The molecule has 2 amide bonds. The Hall–Kier alpha value is -2.10. The summed E-state index contributed by atoms with van der Waals surface area (Å²) in [6.07, 6.45) is -4.02. The third kappa shape index (κ3) is 3.69. The molecular formula is C17H20F2N2O5. The van der Waals surface area contributed by atoms with Gasteiger partial charge < -0.3 is 19.3 Å². The SMILES string of the molecule is COCC(=O)N1CCOCC2(C1)CN(c1ccccc1)C(=O)C(F)(F)O2. The Morgan fingerprint density at radius 2 is 2.00 bits per heavy atom. The highest BCUT2D eigenvalue weighted by molar-refractivity contribution is 5.98. The van der Waals surface area contributed by atoms with Crippen LogP contribution in [0.1, 0.15) is 0 Å².